The van der Waals surface area contributed by atoms with E-state index >= 15 is 0 Å². The molecule has 2 rings (SSSR count). The minimum atomic E-state index is -3.45. The van der Waals surface area contributed by atoms with Crippen LogP contribution in [0.3, 0.4) is 0 Å². The van der Waals surface area contributed by atoms with Crippen LogP contribution in [0.4, 0.5) is 0 Å². The van der Waals surface area contributed by atoms with Gasteiger partial charge >= 0.3 is 0 Å². The highest BCUT2D eigenvalue weighted by Crippen LogP contribution is 2.26. The Kier molecular flexibility index (Phi) is 3.69. The molecule has 1 N–H and O–H groups in total. The summed E-state index contributed by atoms with van der Waals surface area (Å²) in [7, 11) is -3.45. The average Bonchev–Trinajstić information content (AvgIpc) is 2.76. The topological polar surface area (TPSA) is 70.0 Å². The molecule has 5 heteroatoms. The molecule has 1 fully saturated rings. The van der Waals surface area contributed by atoms with Crippen molar-refractivity contribution in [2.75, 3.05) is 0 Å². The standard InChI is InChI=1S/C13H16N2O2S/c1-10-2-6-13(7-3-10)18(16,17)15-12-5-4-11(8-12)9-14/h2-3,6-7,11-12,15H,4-5,8H2,1H3/t11-,12+/m1/s1. The fourth-order valence-corrected chi connectivity index (χ4v) is 3.49. The van der Waals surface area contributed by atoms with Crippen molar-refractivity contribution < 1.29 is 8.42 Å². The van der Waals surface area contributed by atoms with Crippen LogP contribution < -0.4 is 4.72 Å². The molecular formula is C13H16N2O2S. The van der Waals surface area contributed by atoms with Crippen molar-refractivity contribution >= 4 is 10.0 Å². The highest BCUT2D eigenvalue weighted by molar-refractivity contribution is 7.89. The molecule has 0 saturated heterocycles. The molecule has 96 valence electrons. The molecule has 4 nitrogen and oxygen atoms in total. The van der Waals surface area contributed by atoms with Crippen LogP contribution in [0.1, 0.15) is 24.8 Å². The first kappa shape index (κ1) is 13.1. The number of hydrogen-bond acceptors (Lipinski definition) is 3. The van der Waals surface area contributed by atoms with E-state index in [-0.39, 0.29) is 16.9 Å². The summed E-state index contributed by atoms with van der Waals surface area (Å²) in [6.07, 6.45) is 2.13. The second-order valence-electron chi connectivity index (χ2n) is 4.77. The van der Waals surface area contributed by atoms with Crippen molar-refractivity contribution in [1.82, 2.24) is 4.72 Å². The van der Waals surface area contributed by atoms with E-state index in [4.69, 9.17) is 5.26 Å². The summed E-state index contributed by atoms with van der Waals surface area (Å²) >= 11 is 0. The lowest BCUT2D eigenvalue weighted by Crippen LogP contribution is -2.32. The number of nitriles is 1. The largest absolute Gasteiger partial charge is 0.240 e. The zero-order valence-electron chi connectivity index (χ0n) is 10.3. The number of rotatable bonds is 3. The van der Waals surface area contributed by atoms with Crippen molar-refractivity contribution in [2.45, 2.75) is 37.1 Å². The maximum absolute atomic E-state index is 12.1. The first-order valence-electron chi connectivity index (χ1n) is 6.00. The molecule has 0 spiro atoms. The molecule has 1 aromatic rings. The van der Waals surface area contributed by atoms with Gasteiger partial charge in [0.15, 0.2) is 0 Å². The van der Waals surface area contributed by atoms with Gasteiger partial charge in [0.1, 0.15) is 0 Å². The quantitative estimate of drug-likeness (QED) is 0.907. The molecule has 1 aromatic carbocycles. The summed E-state index contributed by atoms with van der Waals surface area (Å²) in [5.74, 6) is -0.0179. The average molecular weight is 264 g/mol. The Labute approximate surface area is 108 Å². The van der Waals surface area contributed by atoms with Crippen LogP contribution >= 0.6 is 0 Å². The third kappa shape index (κ3) is 2.89. The van der Waals surface area contributed by atoms with Gasteiger partial charge < -0.3 is 0 Å². The van der Waals surface area contributed by atoms with Crippen LogP contribution in [0, 0.1) is 24.2 Å². The summed E-state index contributed by atoms with van der Waals surface area (Å²) in [6.45, 7) is 1.91. The van der Waals surface area contributed by atoms with E-state index in [2.05, 4.69) is 10.8 Å². The number of hydrogen-bond donors (Lipinski definition) is 1. The van der Waals surface area contributed by atoms with Gasteiger partial charge in [-0.15, -0.1) is 0 Å². The van der Waals surface area contributed by atoms with Crippen molar-refractivity contribution in [2.24, 2.45) is 5.92 Å². The van der Waals surface area contributed by atoms with Crippen LogP contribution in [0.5, 0.6) is 0 Å². The number of aryl methyl sites for hydroxylation is 1. The van der Waals surface area contributed by atoms with Gasteiger partial charge in [0.25, 0.3) is 0 Å². The highest BCUT2D eigenvalue weighted by atomic mass is 32.2. The highest BCUT2D eigenvalue weighted by Gasteiger charge is 2.28. The van der Waals surface area contributed by atoms with Gasteiger partial charge in [0, 0.05) is 12.0 Å². The Hall–Kier alpha value is -1.38. The van der Waals surface area contributed by atoms with E-state index in [0.29, 0.717) is 6.42 Å². The third-order valence-electron chi connectivity index (χ3n) is 3.27. The molecular weight excluding hydrogens is 248 g/mol. The Balaban J connectivity index is 2.09. The van der Waals surface area contributed by atoms with Gasteiger partial charge in [0.2, 0.25) is 10.0 Å². The van der Waals surface area contributed by atoms with E-state index in [1.807, 2.05) is 6.92 Å². The van der Waals surface area contributed by atoms with E-state index in [1.165, 1.54) is 0 Å². The van der Waals surface area contributed by atoms with Crippen molar-refractivity contribution in [1.29, 1.82) is 5.26 Å². The Morgan fingerprint density at radius 3 is 2.50 bits per heavy atom. The van der Waals surface area contributed by atoms with Crippen LogP contribution in [0.25, 0.3) is 0 Å². The van der Waals surface area contributed by atoms with E-state index < -0.39 is 10.0 Å². The molecule has 0 aliphatic heterocycles. The number of sulfonamides is 1. The lowest BCUT2D eigenvalue weighted by Gasteiger charge is -2.12. The van der Waals surface area contributed by atoms with Crippen LogP contribution in [-0.4, -0.2) is 14.5 Å². The van der Waals surface area contributed by atoms with E-state index in [9.17, 15) is 8.42 Å². The minimum absolute atomic E-state index is 0.0179. The van der Waals surface area contributed by atoms with Crippen LogP contribution in [-0.2, 0) is 10.0 Å². The van der Waals surface area contributed by atoms with Gasteiger partial charge in [0.05, 0.1) is 11.0 Å². The SMILES string of the molecule is Cc1ccc(S(=O)(=O)N[C@H]2CC[C@@H](C#N)C2)cc1. The molecule has 0 unspecified atom stereocenters. The second kappa shape index (κ2) is 5.09. The first-order chi connectivity index (χ1) is 8.51. The smallest absolute Gasteiger partial charge is 0.208 e. The van der Waals surface area contributed by atoms with Gasteiger partial charge in [-0.2, -0.15) is 5.26 Å². The zero-order chi connectivity index (χ0) is 13.2. The van der Waals surface area contributed by atoms with Crippen LogP contribution in [0.15, 0.2) is 29.2 Å². The number of nitrogens with zero attached hydrogens (tertiary/aromatic N) is 1. The van der Waals surface area contributed by atoms with Gasteiger partial charge in [-0.05, 0) is 38.3 Å². The summed E-state index contributed by atoms with van der Waals surface area (Å²) in [6, 6.07) is 8.85. The fourth-order valence-electron chi connectivity index (χ4n) is 2.21. The normalized spacial score (nSPS) is 23.8. The maximum Gasteiger partial charge on any atom is 0.240 e. The summed E-state index contributed by atoms with van der Waals surface area (Å²) in [5.41, 5.74) is 1.03. The minimum Gasteiger partial charge on any atom is -0.208 e. The van der Waals surface area contributed by atoms with Gasteiger partial charge in [-0.1, -0.05) is 17.7 Å². The zero-order valence-corrected chi connectivity index (χ0v) is 11.1. The summed E-state index contributed by atoms with van der Waals surface area (Å²) in [4.78, 5) is 0.286. The lowest BCUT2D eigenvalue weighted by atomic mass is 10.1. The van der Waals surface area contributed by atoms with Crippen molar-refractivity contribution in [3.05, 3.63) is 29.8 Å². The molecule has 1 aliphatic rings. The fraction of sp³-hybridized carbons (Fsp3) is 0.462. The molecule has 0 heterocycles. The Bertz CT molecular complexity index is 558. The molecule has 0 radical (unpaired) electrons. The lowest BCUT2D eigenvalue weighted by molar-refractivity contribution is 0.547. The Morgan fingerprint density at radius 1 is 1.28 bits per heavy atom. The van der Waals surface area contributed by atoms with Crippen molar-refractivity contribution in [3.63, 3.8) is 0 Å². The number of benzene rings is 1. The maximum atomic E-state index is 12.1. The molecule has 1 aliphatic carbocycles. The summed E-state index contributed by atoms with van der Waals surface area (Å²) in [5, 5.41) is 8.80. The summed E-state index contributed by atoms with van der Waals surface area (Å²) < 4.78 is 26.9. The number of nitrogens with one attached hydrogen (secondary N) is 1. The molecule has 1 saturated carbocycles. The predicted molar refractivity (Wildman–Crippen MR) is 68.2 cm³/mol. The monoisotopic (exact) mass is 264 g/mol. The Morgan fingerprint density at radius 2 is 1.94 bits per heavy atom. The van der Waals surface area contributed by atoms with Crippen LogP contribution in [0.2, 0.25) is 0 Å². The predicted octanol–water partition coefficient (Wildman–Crippen LogP) is 1.97. The molecule has 0 bridgehead atoms. The first-order valence-corrected chi connectivity index (χ1v) is 7.48. The molecule has 18 heavy (non-hydrogen) atoms. The van der Waals surface area contributed by atoms with E-state index in [1.54, 1.807) is 24.3 Å². The van der Waals surface area contributed by atoms with Gasteiger partial charge in [-0.25, -0.2) is 13.1 Å². The van der Waals surface area contributed by atoms with E-state index in [0.717, 1.165) is 18.4 Å². The molecule has 2 atom stereocenters. The van der Waals surface area contributed by atoms with Gasteiger partial charge in [-0.3, -0.25) is 0 Å². The second-order valence-corrected chi connectivity index (χ2v) is 6.48. The third-order valence-corrected chi connectivity index (χ3v) is 4.80. The molecule has 0 aromatic heterocycles. The van der Waals surface area contributed by atoms with Crippen molar-refractivity contribution in [3.8, 4) is 6.07 Å². The molecule has 0 amide bonds.